The number of hydrogen-bond acceptors (Lipinski definition) is 5. The summed E-state index contributed by atoms with van der Waals surface area (Å²) < 4.78 is 15.2. The lowest BCUT2D eigenvalue weighted by molar-refractivity contribution is -0.126. The van der Waals surface area contributed by atoms with Gasteiger partial charge >= 0.3 is 0 Å². The number of benzene rings is 1. The molecular weight excluding hydrogens is 300 g/mol. The van der Waals surface area contributed by atoms with Gasteiger partial charge in [0.1, 0.15) is 0 Å². The van der Waals surface area contributed by atoms with Gasteiger partial charge in [-0.05, 0) is 24.1 Å². The molecule has 0 radical (unpaired) electrons. The van der Waals surface area contributed by atoms with Crippen LogP contribution in [0.4, 0.5) is 0 Å². The van der Waals surface area contributed by atoms with Crippen LogP contribution in [0.15, 0.2) is 18.2 Å². The van der Waals surface area contributed by atoms with Crippen LogP contribution in [0.2, 0.25) is 0 Å². The fourth-order valence-corrected chi connectivity index (χ4v) is 1.92. The van der Waals surface area contributed by atoms with Crippen LogP contribution in [0.3, 0.4) is 0 Å². The lowest BCUT2D eigenvalue weighted by Crippen LogP contribution is -2.38. The molecule has 0 aliphatic rings. The molecule has 0 aromatic heterocycles. The van der Waals surface area contributed by atoms with Crippen LogP contribution < -0.4 is 20.1 Å². The molecule has 7 heteroatoms. The maximum absolute atomic E-state index is 11.8. The normalized spacial score (nSPS) is 10.0. The molecule has 0 spiro atoms. The SMILES string of the molecule is COCCNC(=O)CNC(=O)CCc1ccc(OC)c(OC)c1. The molecule has 0 saturated carbocycles. The molecule has 0 unspecified atom stereocenters. The van der Waals surface area contributed by atoms with Crippen LogP contribution in [0, 0.1) is 0 Å². The fraction of sp³-hybridized carbons (Fsp3) is 0.500. The monoisotopic (exact) mass is 324 g/mol. The van der Waals surface area contributed by atoms with Crippen LogP contribution in [-0.2, 0) is 20.7 Å². The molecule has 2 N–H and O–H groups in total. The third-order valence-electron chi connectivity index (χ3n) is 3.16. The Kier molecular flexibility index (Phi) is 8.52. The van der Waals surface area contributed by atoms with Crippen molar-refractivity contribution in [1.82, 2.24) is 10.6 Å². The Hall–Kier alpha value is -2.28. The van der Waals surface area contributed by atoms with Crippen LogP contribution in [0.25, 0.3) is 0 Å². The summed E-state index contributed by atoms with van der Waals surface area (Å²) in [6.45, 7) is 0.838. The third kappa shape index (κ3) is 7.01. The number of nitrogens with one attached hydrogen (secondary N) is 2. The number of carbonyl (C=O) groups is 2. The zero-order valence-electron chi connectivity index (χ0n) is 13.8. The summed E-state index contributed by atoms with van der Waals surface area (Å²) in [4.78, 5) is 23.2. The van der Waals surface area contributed by atoms with E-state index in [-0.39, 0.29) is 18.4 Å². The summed E-state index contributed by atoms with van der Waals surface area (Å²) in [5.41, 5.74) is 0.961. The van der Waals surface area contributed by atoms with E-state index >= 15 is 0 Å². The van der Waals surface area contributed by atoms with Gasteiger partial charge in [-0.2, -0.15) is 0 Å². The average molecular weight is 324 g/mol. The quantitative estimate of drug-likeness (QED) is 0.613. The number of amides is 2. The zero-order valence-corrected chi connectivity index (χ0v) is 13.8. The second-order valence-electron chi connectivity index (χ2n) is 4.81. The lowest BCUT2D eigenvalue weighted by atomic mass is 10.1. The first-order chi connectivity index (χ1) is 11.1. The highest BCUT2D eigenvalue weighted by molar-refractivity contribution is 5.84. The Morgan fingerprint density at radius 1 is 1.00 bits per heavy atom. The molecule has 1 aromatic carbocycles. The van der Waals surface area contributed by atoms with Crippen molar-refractivity contribution in [3.63, 3.8) is 0 Å². The largest absolute Gasteiger partial charge is 0.493 e. The highest BCUT2D eigenvalue weighted by Crippen LogP contribution is 2.27. The number of ether oxygens (including phenoxy) is 3. The summed E-state index contributed by atoms with van der Waals surface area (Å²) in [6, 6.07) is 5.52. The molecular formula is C16H24N2O5. The number of hydrogen-bond donors (Lipinski definition) is 2. The van der Waals surface area contributed by atoms with Crippen molar-refractivity contribution in [2.75, 3.05) is 41.0 Å². The van der Waals surface area contributed by atoms with E-state index in [9.17, 15) is 9.59 Å². The van der Waals surface area contributed by atoms with E-state index in [1.54, 1.807) is 27.4 Å². The maximum atomic E-state index is 11.8. The first kappa shape index (κ1) is 18.8. The van der Waals surface area contributed by atoms with E-state index in [4.69, 9.17) is 14.2 Å². The van der Waals surface area contributed by atoms with E-state index in [2.05, 4.69) is 10.6 Å². The van der Waals surface area contributed by atoms with E-state index < -0.39 is 0 Å². The molecule has 128 valence electrons. The molecule has 0 fully saturated rings. The van der Waals surface area contributed by atoms with Gasteiger partial charge in [-0.1, -0.05) is 6.07 Å². The van der Waals surface area contributed by atoms with Gasteiger partial charge in [-0.15, -0.1) is 0 Å². The molecule has 0 bridgehead atoms. The molecule has 1 rings (SSSR count). The smallest absolute Gasteiger partial charge is 0.239 e. The van der Waals surface area contributed by atoms with E-state index in [0.29, 0.717) is 37.5 Å². The molecule has 0 aliphatic carbocycles. The van der Waals surface area contributed by atoms with Gasteiger partial charge in [-0.3, -0.25) is 9.59 Å². The van der Waals surface area contributed by atoms with Crippen molar-refractivity contribution in [2.45, 2.75) is 12.8 Å². The summed E-state index contributed by atoms with van der Waals surface area (Å²) in [6.07, 6.45) is 0.846. The number of carbonyl (C=O) groups excluding carboxylic acids is 2. The molecule has 0 atom stereocenters. The highest BCUT2D eigenvalue weighted by Gasteiger charge is 2.08. The first-order valence-corrected chi connectivity index (χ1v) is 7.34. The predicted octanol–water partition coefficient (Wildman–Crippen LogP) is 0.515. The average Bonchev–Trinajstić information content (AvgIpc) is 2.58. The first-order valence-electron chi connectivity index (χ1n) is 7.34. The van der Waals surface area contributed by atoms with Gasteiger partial charge in [0, 0.05) is 20.1 Å². The summed E-state index contributed by atoms with van der Waals surface area (Å²) in [5.74, 6) is 0.861. The minimum Gasteiger partial charge on any atom is -0.493 e. The molecule has 23 heavy (non-hydrogen) atoms. The Morgan fingerprint density at radius 2 is 1.74 bits per heavy atom. The molecule has 0 saturated heterocycles. The molecule has 1 aromatic rings. The lowest BCUT2D eigenvalue weighted by Gasteiger charge is -2.10. The molecule has 0 aliphatic heterocycles. The van der Waals surface area contributed by atoms with Crippen molar-refractivity contribution >= 4 is 11.8 Å². The third-order valence-corrected chi connectivity index (χ3v) is 3.16. The molecule has 2 amide bonds. The number of aryl methyl sites for hydroxylation is 1. The van der Waals surface area contributed by atoms with Crippen LogP contribution in [0.5, 0.6) is 11.5 Å². The highest BCUT2D eigenvalue weighted by atomic mass is 16.5. The van der Waals surface area contributed by atoms with Crippen LogP contribution >= 0.6 is 0 Å². The summed E-state index contributed by atoms with van der Waals surface area (Å²) in [7, 11) is 4.70. The fourth-order valence-electron chi connectivity index (χ4n) is 1.92. The van der Waals surface area contributed by atoms with Crippen LogP contribution in [0.1, 0.15) is 12.0 Å². The second-order valence-corrected chi connectivity index (χ2v) is 4.81. The Balaban J connectivity index is 2.34. The van der Waals surface area contributed by atoms with E-state index in [1.807, 2.05) is 12.1 Å². The maximum Gasteiger partial charge on any atom is 0.239 e. The van der Waals surface area contributed by atoms with Crippen molar-refractivity contribution in [3.8, 4) is 11.5 Å². The standard InChI is InChI=1S/C16H24N2O5/c1-21-9-8-17-16(20)11-18-15(19)7-5-12-4-6-13(22-2)14(10-12)23-3/h4,6,10H,5,7-9,11H2,1-3H3,(H,17,20)(H,18,19). The van der Waals surface area contributed by atoms with Crippen molar-refractivity contribution in [3.05, 3.63) is 23.8 Å². The predicted molar refractivity (Wildman–Crippen MR) is 85.8 cm³/mol. The van der Waals surface area contributed by atoms with Gasteiger partial charge in [0.25, 0.3) is 0 Å². The molecule has 0 heterocycles. The Morgan fingerprint density at radius 3 is 2.39 bits per heavy atom. The minimum absolute atomic E-state index is 0.0333. The van der Waals surface area contributed by atoms with Gasteiger partial charge in [0.05, 0.1) is 27.4 Å². The van der Waals surface area contributed by atoms with E-state index in [0.717, 1.165) is 5.56 Å². The summed E-state index contributed by atoms with van der Waals surface area (Å²) >= 11 is 0. The molecule has 7 nitrogen and oxygen atoms in total. The topological polar surface area (TPSA) is 85.9 Å². The van der Waals surface area contributed by atoms with E-state index in [1.165, 1.54) is 0 Å². The van der Waals surface area contributed by atoms with Gasteiger partial charge in [-0.25, -0.2) is 0 Å². The number of rotatable bonds is 10. The zero-order chi connectivity index (χ0) is 17.1. The van der Waals surface area contributed by atoms with Crippen LogP contribution in [-0.4, -0.2) is 52.8 Å². The number of methoxy groups -OCH3 is 3. The Labute approximate surface area is 136 Å². The minimum atomic E-state index is -0.235. The van der Waals surface area contributed by atoms with Crippen molar-refractivity contribution in [1.29, 1.82) is 0 Å². The van der Waals surface area contributed by atoms with Gasteiger partial charge in [0.2, 0.25) is 11.8 Å². The Bertz CT molecular complexity index is 519. The van der Waals surface area contributed by atoms with Gasteiger partial charge in [0.15, 0.2) is 11.5 Å². The van der Waals surface area contributed by atoms with Crippen molar-refractivity contribution < 1.29 is 23.8 Å². The summed E-state index contributed by atoms with van der Waals surface area (Å²) in [5, 5.41) is 5.21. The van der Waals surface area contributed by atoms with Crippen molar-refractivity contribution in [2.24, 2.45) is 0 Å². The second kappa shape index (κ2) is 10.4. The van der Waals surface area contributed by atoms with Gasteiger partial charge < -0.3 is 24.8 Å².